The van der Waals surface area contributed by atoms with Crippen LogP contribution in [0.15, 0.2) is 24.3 Å². The average molecular weight is 204 g/mol. The maximum Gasteiger partial charge on any atom is 0.129 e. The predicted octanol–water partition coefficient (Wildman–Crippen LogP) is 3.64. The van der Waals surface area contributed by atoms with Crippen LogP contribution in [0.1, 0.15) is 44.7 Å². The molecule has 1 heteroatoms. The monoisotopic (exact) mass is 204 g/mol. The van der Waals surface area contributed by atoms with Crippen molar-refractivity contribution in [1.82, 2.24) is 0 Å². The van der Waals surface area contributed by atoms with Crippen LogP contribution in [0.4, 0.5) is 0 Å². The zero-order valence-corrected chi connectivity index (χ0v) is 10.1. The number of ketones is 1. The van der Waals surface area contributed by atoms with Crippen molar-refractivity contribution in [2.45, 2.75) is 46.0 Å². The van der Waals surface area contributed by atoms with Gasteiger partial charge < -0.3 is 4.79 Å². The standard InChI is InChI=1S/C14H20O/c1-11-5-7-13(8-6-11)14(3,4)10-9-12(2)15/h5-8H,9-10H2,1-4H3. The lowest BCUT2D eigenvalue weighted by molar-refractivity contribution is -0.117. The van der Waals surface area contributed by atoms with E-state index in [1.807, 2.05) is 0 Å². The minimum absolute atomic E-state index is 0.0966. The van der Waals surface area contributed by atoms with Gasteiger partial charge in [0.2, 0.25) is 0 Å². The van der Waals surface area contributed by atoms with E-state index in [9.17, 15) is 4.79 Å². The third-order valence-corrected chi connectivity index (χ3v) is 2.94. The van der Waals surface area contributed by atoms with Crippen LogP contribution in [-0.4, -0.2) is 5.78 Å². The first-order valence-corrected chi connectivity index (χ1v) is 5.48. The Morgan fingerprint density at radius 2 is 1.73 bits per heavy atom. The van der Waals surface area contributed by atoms with Crippen molar-refractivity contribution in [1.29, 1.82) is 0 Å². The van der Waals surface area contributed by atoms with Crippen molar-refractivity contribution in [2.24, 2.45) is 0 Å². The molecule has 1 rings (SSSR count). The highest BCUT2D eigenvalue weighted by Crippen LogP contribution is 2.28. The summed E-state index contributed by atoms with van der Waals surface area (Å²) in [5, 5.41) is 0. The normalized spacial score (nSPS) is 11.5. The van der Waals surface area contributed by atoms with Gasteiger partial charge in [-0.25, -0.2) is 0 Å². The third kappa shape index (κ3) is 3.50. The van der Waals surface area contributed by atoms with E-state index in [-0.39, 0.29) is 11.2 Å². The van der Waals surface area contributed by atoms with E-state index in [0.29, 0.717) is 6.42 Å². The van der Waals surface area contributed by atoms with Gasteiger partial charge in [-0.05, 0) is 31.2 Å². The first-order valence-electron chi connectivity index (χ1n) is 5.48. The molecule has 15 heavy (non-hydrogen) atoms. The molecular weight excluding hydrogens is 184 g/mol. The van der Waals surface area contributed by atoms with Gasteiger partial charge in [0.15, 0.2) is 0 Å². The molecule has 0 unspecified atom stereocenters. The highest BCUT2D eigenvalue weighted by atomic mass is 16.1. The molecule has 0 saturated heterocycles. The number of rotatable bonds is 4. The molecule has 0 fully saturated rings. The van der Waals surface area contributed by atoms with Crippen LogP contribution < -0.4 is 0 Å². The first-order chi connectivity index (χ1) is 6.92. The number of hydrogen-bond donors (Lipinski definition) is 0. The molecule has 82 valence electrons. The summed E-state index contributed by atoms with van der Waals surface area (Å²) in [6.45, 7) is 8.14. The van der Waals surface area contributed by atoms with Crippen molar-refractivity contribution in [3.05, 3.63) is 35.4 Å². The second-order valence-electron chi connectivity index (χ2n) is 4.95. The highest BCUT2D eigenvalue weighted by Gasteiger charge is 2.20. The van der Waals surface area contributed by atoms with E-state index in [1.165, 1.54) is 11.1 Å². The van der Waals surface area contributed by atoms with Crippen LogP contribution in [0.2, 0.25) is 0 Å². The topological polar surface area (TPSA) is 17.1 Å². The number of hydrogen-bond acceptors (Lipinski definition) is 1. The molecule has 0 N–H and O–H groups in total. The molecule has 0 spiro atoms. The molecule has 0 amide bonds. The van der Waals surface area contributed by atoms with E-state index in [0.717, 1.165) is 6.42 Å². The number of carbonyl (C=O) groups excluding carboxylic acids is 1. The zero-order valence-electron chi connectivity index (χ0n) is 10.1. The molecule has 0 aliphatic heterocycles. The minimum Gasteiger partial charge on any atom is -0.300 e. The fourth-order valence-corrected chi connectivity index (χ4v) is 1.64. The molecule has 1 nitrogen and oxygen atoms in total. The smallest absolute Gasteiger partial charge is 0.129 e. The molecule has 0 bridgehead atoms. The summed E-state index contributed by atoms with van der Waals surface area (Å²) in [5.41, 5.74) is 2.69. The van der Waals surface area contributed by atoms with Crippen molar-refractivity contribution < 1.29 is 4.79 Å². The van der Waals surface area contributed by atoms with Gasteiger partial charge in [-0.2, -0.15) is 0 Å². The SMILES string of the molecule is CC(=O)CCC(C)(C)c1ccc(C)cc1. The molecule has 1 aromatic rings. The maximum absolute atomic E-state index is 11.0. The summed E-state index contributed by atoms with van der Waals surface area (Å²) in [7, 11) is 0. The number of Topliss-reactive ketones (excluding diaryl/α,β-unsaturated/α-hetero) is 1. The Balaban J connectivity index is 2.76. The molecular formula is C14H20O. The highest BCUT2D eigenvalue weighted by molar-refractivity contribution is 5.75. The number of carbonyl (C=O) groups is 1. The van der Waals surface area contributed by atoms with E-state index < -0.39 is 0 Å². The lowest BCUT2D eigenvalue weighted by Gasteiger charge is -2.24. The van der Waals surface area contributed by atoms with E-state index in [4.69, 9.17) is 0 Å². The Hall–Kier alpha value is -1.11. The summed E-state index contributed by atoms with van der Waals surface area (Å²) in [5.74, 6) is 0.273. The molecule has 0 aliphatic carbocycles. The summed E-state index contributed by atoms with van der Waals surface area (Å²) >= 11 is 0. The van der Waals surface area contributed by atoms with Gasteiger partial charge in [0, 0.05) is 6.42 Å². The van der Waals surface area contributed by atoms with E-state index in [1.54, 1.807) is 6.92 Å². The predicted molar refractivity (Wildman–Crippen MR) is 64.1 cm³/mol. The Bertz CT molecular complexity index is 333. The second kappa shape index (κ2) is 4.61. The lowest BCUT2D eigenvalue weighted by Crippen LogP contribution is -2.18. The zero-order chi connectivity index (χ0) is 11.5. The van der Waals surface area contributed by atoms with Crippen LogP contribution in [0.3, 0.4) is 0 Å². The van der Waals surface area contributed by atoms with Gasteiger partial charge in [0.05, 0.1) is 0 Å². The quantitative estimate of drug-likeness (QED) is 0.731. The lowest BCUT2D eigenvalue weighted by atomic mass is 9.80. The van der Waals surface area contributed by atoms with Crippen molar-refractivity contribution >= 4 is 5.78 Å². The first kappa shape index (κ1) is 12.0. The molecule has 0 saturated carbocycles. The average Bonchev–Trinajstić information content (AvgIpc) is 2.16. The molecule has 0 aromatic heterocycles. The van der Waals surface area contributed by atoms with Crippen LogP contribution in [0.25, 0.3) is 0 Å². The number of aryl methyl sites for hydroxylation is 1. The fourth-order valence-electron chi connectivity index (χ4n) is 1.64. The van der Waals surface area contributed by atoms with Crippen molar-refractivity contribution in [2.75, 3.05) is 0 Å². The number of benzene rings is 1. The van der Waals surface area contributed by atoms with Crippen LogP contribution in [0, 0.1) is 6.92 Å². The van der Waals surface area contributed by atoms with Gasteiger partial charge in [-0.15, -0.1) is 0 Å². The molecule has 0 atom stereocenters. The van der Waals surface area contributed by atoms with Gasteiger partial charge in [0.25, 0.3) is 0 Å². The minimum atomic E-state index is 0.0966. The summed E-state index contributed by atoms with van der Waals surface area (Å²) in [6, 6.07) is 8.58. The summed E-state index contributed by atoms with van der Waals surface area (Å²) in [4.78, 5) is 11.0. The Labute approximate surface area is 92.5 Å². The molecule has 1 aromatic carbocycles. The van der Waals surface area contributed by atoms with Crippen molar-refractivity contribution in [3.63, 3.8) is 0 Å². The van der Waals surface area contributed by atoms with Gasteiger partial charge in [-0.3, -0.25) is 0 Å². The van der Waals surface area contributed by atoms with Gasteiger partial charge >= 0.3 is 0 Å². The molecule has 0 radical (unpaired) electrons. The second-order valence-corrected chi connectivity index (χ2v) is 4.95. The van der Waals surface area contributed by atoms with Crippen LogP contribution in [-0.2, 0) is 10.2 Å². The summed E-state index contributed by atoms with van der Waals surface area (Å²) < 4.78 is 0. The van der Waals surface area contributed by atoms with E-state index >= 15 is 0 Å². The van der Waals surface area contributed by atoms with Gasteiger partial charge in [-0.1, -0.05) is 43.7 Å². The molecule has 0 aliphatic rings. The largest absolute Gasteiger partial charge is 0.300 e. The maximum atomic E-state index is 11.0. The van der Waals surface area contributed by atoms with E-state index in [2.05, 4.69) is 45.0 Å². The Kier molecular flexibility index (Phi) is 3.67. The van der Waals surface area contributed by atoms with Gasteiger partial charge in [0.1, 0.15) is 5.78 Å². The summed E-state index contributed by atoms with van der Waals surface area (Å²) in [6.07, 6.45) is 1.59. The molecule has 0 heterocycles. The Morgan fingerprint density at radius 1 is 1.20 bits per heavy atom. The van der Waals surface area contributed by atoms with Crippen LogP contribution in [0.5, 0.6) is 0 Å². The van der Waals surface area contributed by atoms with Crippen LogP contribution >= 0.6 is 0 Å². The van der Waals surface area contributed by atoms with Crippen molar-refractivity contribution in [3.8, 4) is 0 Å². The Morgan fingerprint density at radius 3 is 2.20 bits per heavy atom. The third-order valence-electron chi connectivity index (χ3n) is 2.94. The fraction of sp³-hybridized carbons (Fsp3) is 0.500.